The Morgan fingerprint density at radius 3 is 2.73 bits per heavy atom. The zero-order valence-corrected chi connectivity index (χ0v) is 11.9. The van der Waals surface area contributed by atoms with E-state index in [2.05, 4.69) is 0 Å². The summed E-state index contributed by atoms with van der Waals surface area (Å²) in [5, 5.41) is 31.8. The van der Waals surface area contributed by atoms with Gasteiger partial charge in [-0.2, -0.15) is 4.73 Å². The van der Waals surface area contributed by atoms with Gasteiger partial charge in [0.2, 0.25) is 6.20 Å². The van der Waals surface area contributed by atoms with Gasteiger partial charge in [0.1, 0.15) is 23.4 Å². The minimum Gasteiger partial charge on any atom is -0.618 e. The second kappa shape index (κ2) is 5.53. The zero-order valence-electron chi connectivity index (χ0n) is 11.2. The Morgan fingerprint density at radius 1 is 1.50 bits per heavy atom. The first kappa shape index (κ1) is 15.6. The van der Waals surface area contributed by atoms with Crippen LogP contribution < -0.4 is 15.6 Å². The lowest BCUT2D eigenvalue weighted by Crippen LogP contribution is -2.36. The standard InChI is InChI=1S/C12H10ClN3O6/c1-15-6-4-16(22)7(13)2-5(6)10(19)9(12(15)21)11(20)14-3-8(17)18/h2,4,19H,3H2,1H3,(H,14,20)(H,17,18). The molecule has 0 atom stereocenters. The quantitative estimate of drug-likeness (QED) is 0.389. The third kappa shape index (κ3) is 2.53. The average Bonchev–Trinajstić information content (AvgIpc) is 2.45. The second-order valence-electron chi connectivity index (χ2n) is 4.39. The van der Waals surface area contributed by atoms with Gasteiger partial charge in [0.25, 0.3) is 16.6 Å². The van der Waals surface area contributed by atoms with Gasteiger partial charge in [0.05, 0.1) is 5.39 Å². The number of rotatable bonds is 3. The Morgan fingerprint density at radius 2 is 2.14 bits per heavy atom. The Hall–Kier alpha value is -2.81. The molecule has 2 rings (SSSR count). The Bertz CT molecular complexity index is 860. The number of nitrogens with one attached hydrogen (secondary N) is 1. The van der Waals surface area contributed by atoms with Gasteiger partial charge in [0.15, 0.2) is 0 Å². The van der Waals surface area contributed by atoms with E-state index in [-0.39, 0.29) is 16.1 Å². The van der Waals surface area contributed by atoms with Crippen molar-refractivity contribution in [2.75, 3.05) is 6.54 Å². The van der Waals surface area contributed by atoms with Crippen LogP contribution in [0.25, 0.3) is 10.9 Å². The molecular formula is C12H10ClN3O6. The van der Waals surface area contributed by atoms with E-state index in [1.165, 1.54) is 7.05 Å². The van der Waals surface area contributed by atoms with E-state index >= 15 is 0 Å². The molecule has 0 saturated heterocycles. The lowest BCUT2D eigenvalue weighted by atomic mass is 10.1. The van der Waals surface area contributed by atoms with Crippen molar-refractivity contribution in [3.63, 3.8) is 0 Å². The van der Waals surface area contributed by atoms with Crippen LogP contribution in [0.3, 0.4) is 0 Å². The molecular weight excluding hydrogens is 318 g/mol. The number of halogens is 1. The van der Waals surface area contributed by atoms with Crippen LogP contribution in [0.2, 0.25) is 5.15 Å². The molecule has 0 aliphatic heterocycles. The number of aryl methyl sites for hydroxylation is 1. The van der Waals surface area contributed by atoms with Gasteiger partial charge in [-0.3, -0.25) is 14.4 Å². The van der Waals surface area contributed by atoms with Crippen molar-refractivity contribution in [1.29, 1.82) is 0 Å². The summed E-state index contributed by atoms with van der Waals surface area (Å²) in [5.41, 5.74) is -1.44. The SMILES string of the molecule is Cn1c(=O)c(C(=O)NCC(=O)O)c(O)c2cc(Cl)[n+]([O-])cc21. The molecule has 2 aromatic rings. The molecule has 116 valence electrons. The third-order valence-electron chi connectivity index (χ3n) is 2.99. The van der Waals surface area contributed by atoms with E-state index < -0.39 is 35.3 Å². The monoisotopic (exact) mass is 327 g/mol. The number of fused-ring (bicyclic) bond motifs is 1. The number of carboxylic acids is 1. The highest BCUT2D eigenvalue weighted by atomic mass is 35.5. The van der Waals surface area contributed by atoms with Gasteiger partial charge in [-0.15, -0.1) is 0 Å². The topological polar surface area (TPSA) is 136 Å². The fourth-order valence-electron chi connectivity index (χ4n) is 1.92. The molecule has 1 amide bonds. The first-order valence-corrected chi connectivity index (χ1v) is 6.26. The van der Waals surface area contributed by atoms with Crippen LogP contribution in [0.15, 0.2) is 17.1 Å². The average molecular weight is 328 g/mol. The molecule has 0 radical (unpaired) electrons. The number of hydrogen-bond acceptors (Lipinski definition) is 5. The van der Waals surface area contributed by atoms with Crippen LogP contribution in [0, 0.1) is 5.21 Å². The molecule has 0 unspecified atom stereocenters. The Kier molecular flexibility index (Phi) is 3.91. The summed E-state index contributed by atoms with van der Waals surface area (Å²) >= 11 is 5.66. The number of pyridine rings is 2. The maximum absolute atomic E-state index is 12.1. The second-order valence-corrected chi connectivity index (χ2v) is 4.77. The molecule has 2 aromatic heterocycles. The first-order valence-electron chi connectivity index (χ1n) is 5.88. The Labute approximate surface area is 127 Å². The van der Waals surface area contributed by atoms with Gasteiger partial charge < -0.3 is 25.3 Å². The lowest BCUT2D eigenvalue weighted by Gasteiger charge is -2.11. The van der Waals surface area contributed by atoms with Crippen molar-refractivity contribution < 1.29 is 24.5 Å². The highest BCUT2D eigenvalue weighted by Gasteiger charge is 2.23. The normalized spacial score (nSPS) is 10.6. The van der Waals surface area contributed by atoms with E-state index in [1.807, 2.05) is 5.32 Å². The van der Waals surface area contributed by atoms with Crippen molar-refractivity contribution in [3.8, 4) is 5.75 Å². The van der Waals surface area contributed by atoms with E-state index in [4.69, 9.17) is 16.7 Å². The molecule has 0 aromatic carbocycles. The fourth-order valence-corrected chi connectivity index (χ4v) is 2.08. The minimum atomic E-state index is -1.30. The van der Waals surface area contributed by atoms with Gasteiger partial charge in [-0.25, -0.2) is 0 Å². The number of aromatic hydroxyl groups is 1. The number of carbonyl (C=O) groups excluding carboxylic acids is 1. The molecule has 0 saturated carbocycles. The van der Waals surface area contributed by atoms with Gasteiger partial charge in [-0.05, 0) is 11.6 Å². The molecule has 0 bridgehead atoms. The molecule has 10 heteroatoms. The summed E-state index contributed by atoms with van der Waals surface area (Å²) in [6.07, 6.45) is 0.984. The van der Waals surface area contributed by atoms with Crippen molar-refractivity contribution in [2.24, 2.45) is 7.05 Å². The molecule has 3 N–H and O–H groups in total. The van der Waals surface area contributed by atoms with Crippen molar-refractivity contribution in [3.05, 3.63) is 38.5 Å². The molecule has 22 heavy (non-hydrogen) atoms. The van der Waals surface area contributed by atoms with Crippen LogP contribution in [0.4, 0.5) is 0 Å². The van der Waals surface area contributed by atoms with Crippen LogP contribution in [0.1, 0.15) is 10.4 Å². The highest BCUT2D eigenvalue weighted by Crippen LogP contribution is 2.26. The number of carbonyl (C=O) groups is 2. The maximum atomic E-state index is 12.1. The summed E-state index contributed by atoms with van der Waals surface area (Å²) < 4.78 is 1.28. The zero-order chi connectivity index (χ0) is 16.6. The van der Waals surface area contributed by atoms with E-state index in [9.17, 15) is 24.7 Å². The molecule has 9 nitrogen and oxygen atoms in total. The van der Waals surface area contributed by atoms with E-state index in [0.29, 0.717) is 4.73 Å². The van der Waals surface area contributed by atoms with Crippen LogP contribution in [-0.4, -0.2) is 33.2 Å². The number of amides is 1. The minimum absolute atomic E-state index is 0.0136. The molecule has 0 spiro atoms. The molecule has 0 fully saturated rings. The number of aliphatic carboxylic acids is 1. The smallest absolute Gasteiger partial charge is 0.322 e. The number of carboxylic acid groups (broad SMARTS) is 1. The van der Waals surface area contributed by atoms with E-state index in [0.717, 1.165) is 16.8 Å². The molecule has 0 aliphatic rings. The molecule has 0 aliphatic carbocycles. The van der Waals surface area contributed by atoms with Gasteiger partial charge in [-0.1, -0.05) is 0 Å². The number of hydrogen-bond donors (Lipinski definition) is 3. The predicted octanol–water partition coefficient (Wildman–Crippen LogP) is -0.655. The third-order valence-corrected chi connectivity index (χ3v) is 3.26. The van der Waals surface area contributed by atoms with Gasteiger partial charge >= 0.3 is 5.97 Å². The largest absolute Gasteiger partial charge is 0.618 e. The lowest BCUT2D eigenvalue weighted by molar-refractivity contribution is -0.601. The number of aromatic nitrogens is 2. The van der Waals surface area contributed by atoms with Crippen LogP contribution in [0.5, 0.6) is 5.75 Å². The first-order chi connectivity index (χ1) is 10.2. The van der Waals surface area contributed by atoms with Crippen LogP contribution >= 0.6 is 11.6 Å². The summed E-state index contributed by atoms with van der Waals surface area (Å²) in [6.45, 7) is -0.713. The number of nitrogens with zero attached hydrogens (tertiary/aromatic N) is 2. The van der Waals surface area contributed by atoms with Crippen LogP contribution in [-0.2, 0) is 11.8 Å². The highest BCUT2D eigenvalue weighted by molar-refractivity contribution is 6.29. The Balaban J connectivity index is 2.71. The van der Waals surface area contributed by atoms with Crippen molar-refractivity contribution in [1.82, 2.24) is 9.88 Å². The summed E-state index contributed by atoms with van der Waals surface area (Å²) in [4.78, 5) is 34.5. The maximum Gasteiger partial charge on any atom is 0.322 e. The molecule has 2 heterocycles. The summed E-state index contributed by atoms with van der Waals surface area (Å²) in [5.74, 6) is -3.03. The summed E-state index contributed by atoms with van der Waals surface area (Å²) in [6, 6.07) is 1.10. The predicted molar refractivity (Wildman–Crippen MR) is 74.8 cm³/mol. The van der Waals surface area contributed by atoms with E-state index in [1.54, 1.807) is 0 Å². The van der Waals surface area contributed by atoms with Gasteiger partial charge in [0, 0.05) is 13.1 Å². The van der Waals surface area contributed by atoms with Crippen molar-refractivity contribution in [2.45, 2.75) is 0 Å². The fraction of sp³-hybridized carbons (Fsp3) is 0.167. The summed E-state index contributed by atoms with van der Waals surface area (Å²) in [7, 11) is 1.30. The van der Waals surface area contributed by atoms with Crippen molar-refractivity contribution >= 4 is 34.4 Å².